The van der Waals surface area contributed by atoms with E-state index >= 15 is 0 Å². The second-order valence-corrected chi connectivity index (χ2v) is 4.95. The van der Waals surface area contributed by atoms with E-state index in [2.05, 4.69) is 23.8 Å². The van der Waals surface area contributed by atoms with E-state index in [1.54, 1.807) is 4.68 Å². The van der Waals surface area contributed by atoms with Crippen molar-refractivity contribution >= 4 is 0 Å². The van der Waals surface area contributed by atoms with E-state index < -0.39 is 0 Å². The van der Waals surface area contributed by atoms with E-state index in [9.17, 15) is 5.11 Å². The topological polar surface area (TPSA) is 41.3 Å². The molecule has 0 amide bonds. The van der Waals surface area contributed by atoms with Crippen molar-refractivity contribution in [3.63, 3.8) is 0 Å². The minimum Gasteiger partial charge on any atom is -0.391 e. The van der Waals surface area contributed by atoms with Gasteiger partial charge in [-0.25, -0.2) is 0 Å². The van der Waals surface area contributed by atoms with Crippen LogP contribution >= 0.6 is 0 Å². The molecule has 0 saturated carbocycles. The van der Waals surface area contributed by atoms with E-state index in [4.69, 9.17) is 0 Å². The highest BCUT2D eigenvalue weighted by Crippen LogP contribution is 2.27. The van der Waals surface area contributed by atoms with Crippen molar-refractivity contribution in [1.29, 1.82) is 0 Å². The van der Waals surface area contributed by atoms with Gasteiger partial charge in [0.05, 0.1) is 12.3 Å². The van der Waals surface area contributed by atoms with Crippen LogP contribution in [0.15, 0.2) is 12.4 Å². The summed E-state index contributed by atoms with van der Waals surface area (Å²) >= 11 is 0. The van der Waals surface area contributed by atoms with Gasteiger partial charge in [-0.1, -0.05) is 13.8 Å². The smallest absolute Gasteiger partial charge is 0.0764 e. The van der Waals surface area contributed by atoms with E-state index in [0.717, 1.165) is 18.4 Å². The monoisotopic (exact) mass is 239 g/mol. The lowest BCUT2D eigenvalue weighted by Crippen LogP contribution is -2.53. The summed E-state index contributed by atoms with van der Waals surface area (Å²) in [5, 5.41) is 14.7. The molecular weight excluding hydrogens is 214 g/mol. The van der Waals surface area contributed by atoms with Crippen LogP contribution in [0.5, 0.6) is 0 Å². The van der Waals surface area contributed by atoms with E-state index in [1.807, 2.05) is 33.5 Å². The molecule has 1 aromatic rings. The first kappa shape index (κ1) is 14.2. The predicted molar refractivity (Wildman–Crippen MR) is 69.9 cm³/mol. The van der Waals surface area contributed by atoms with Crippen LogP contribution in [0.25, 0.3) is 0 Å². The quantitative estimate of drug-likeness (QED) is 0.817. The second kappa shape index (κ2) is 5.65. The Morgan fingerprint density at radius 3 is 2.35 bits per heavy atom. The van der Waals surface area contributed by atoms with E-state index in [1.165, 1.54) is 0 Å². The van der Waals surface area contributed by atoms with Gasteiger partial charge >= 0.3 is 0 Å². The van der Waals surface area contributed by atoms with E-state index in [0.29, 0.717) is 6.42 Å². The third-order valence-electron chi connectivity index (χ3n) is 3.92. The summed E-state index contributed by atoms with van der Waals surface area (Å²) in [6.07, 6.45) is 5.98. The van der Waals surface area contributed by atoms with Crippen LogP contribution in [0.1, 0.15) is 32.3 Å². The average molecular weight is 239 g/mol. The van der Waals surface area contributed by atoms with Gasteiger partial charge in [0.1, 0.15) is 0 Å². The molecule has 1 unspecified atom stereocenters. The lowest BCUT2D eigenvalue weighted by Gasteiger charge is -2.42. The zero-order valence-corrected chi connectivity index (χ0v) is 11.6. The predicted octanol–water partition coefficient (Wildman–Crippen LogP) is 1.44. The zero-order chi connectivity index (χ0) is 13.1. The fourth-order valence-corrected chi connectivity index (χ4v) is 2.64. The number of aryl methyl sites for hydroxylation is 1. The first-order valence-electron chi connectivity index (χ1n) is 6.29. The Bertz CT molecular complexity index is 342. The van der Waals surface area contributed by atoms with Crippen molar-refractivity contribution < 1.29 is 5.11 Å². The molecule has 1 heterocycles. The largest absolute Gasteiger partial charge is 0.391 e. The number of nitrogens with zero attached hydrogens (tertiary/aromatic N) is 3. The van der Waals surface area contributed by atoms with Crippen LogP contribution in [0.2, 0.25) is 0 Å². The number of aliphatic hydroxyl groups excluding tert-OH is 1. The van der Waals surface area contributed by atoms with Crippen LogP contribution < -0.4 is 0 Å². The van der Waals surface area contributed by atoms with Gasteiger partial charge in [0, 0.05) is 25.2 Å². The maximum atomic E-state index is 10.5. The van der Waals surface area contributed by atoms with Crippen molar-refractivity contribution in [2.45, 2.75) is 44.8 Å². The number of hydrogen-bond donors (Lipinski definition) is 1. The summed E-state index contributed by atoms with van der Waals surface area (Å²) in [4.78, 5) is 2.15. The van der Waals surface area contributed by atoms with Gasteiger partial charge in [-0.3, -0.25) is 4.68 Å². The first-order valence-corrected chi connectivity index (χ1v) is 6.29. The second-order valence-electron chi connectivity index (χ2n) is 4.95. The Morgan fingerprint density at radius 1 is 1.41 bits per heavy atom. The van der Waals surface area contributed by atoms with Crippen molar-refractivity contribution in [3.8, 4) is 0 Å². The highest BCUT2D eigenvalue weighted by atomic mass is 16.3. The molecule has 1 N–H and O–H groups in total. The van der Waals surface area contributed by atoms with Gasteiger partial charge in [0.25, 0.3) is 0 Å². The Hall–Kier alpha value is -0.870. The lowest BCUT2D eigenvalue weighted by atomic mass is 9.82. The standard InChI is InChI=1S/C13H25N3O/c1-6-13(7-2,15(3)4)12(17)8-11-9-14-16(5)10-11/h9-10,12,17H,6-8H2,1-5H3. The molecule has 0 spiro atoms. The van der Waals surface area contributed by atoms with Gasteiger partial charge in [-0.2, -0.15) is 5.10 Å². The van der Waals surface area contributed by atoms with Crippen LogP contribution in [-0.4, -0.2) is 45.5 Å². The van der Waals surface area contributed by atoms with Crippen molar-refractivity contribution in [2.24, 2.45) is 7.05 Å². The third-order valence-corrected chi connectivity index (χ3v) is 3.92. The van der Waals surface area contributed by atoms with Crippen LogP contribution in [0.4, 0.5) is 0 Å². The highest BCUT2D eigenvalue weighted by molar-refractivity contribution is 5.08. The molecule has 0 aliphatic heterocycles. The molecule has 1 aromatic heterocycles. The number of aliphatic hydroxyl groups is 1. The van der Waals surface area contributed by atoms with Crippen molar-refractivity contribution in [2.75, 3.05) is 14.1 Å². The van der Waals surface area contributed by atoms with Gasteiger partial charge in [-0.05, 0) is 32.5 Å². The minimum absolute atomic E-state index is 0.143. The molecule has 17 heavy (non-hydrogen) atoms. The molecule has 1 rings (SSSR count). The zero-order valence-electron chi connectivity index (χ0n) is 11.6. The highest BCUT2D eigenvalue weighted by Gasteiger charge is 2.36. The Labute approximate surface area is 104 Å². The average Bonchev–Trinajstić information content (AvgIpc) is 2.66. The fourth-order valence-electron chi connectivity index (χ4n) is 2.64. The summed E-state index contributed by atoms with van der Waals surface area (Å²) in [6.45, 7) is 4.27. The van der Waals surface area contributed by atoms with Crippen LogP contribution in [0.3, 0.4) is 0 Å². The minimum atomic E-state index is -0.364. The fraction of sp³-hybridized carbons (Fsp3) is 0.769. The van der Waals surface area contributed by atoms with Crippen LogP contribution in [0, 0.1) is 0 Å². The van der Waals surface area contributed by atoms with Gasteiger partial charge in [-0.15, -0.1) is 0 Å². The van der Waals surface area contributed by atoms with Gasteiger partial charge in [0.15, 0.2) is 0 Å². The Balaban J connectivity index is 2.82. The molecular formula is C13H25N3O. The molecule has 0 radical (unpaired) electrons. The molecule has 4 heteroatoms. The molecule has 0 aliphatic carbocycles. The Kier molecular flexibility index (Phi) is 4.71. The molecule has 98 valence electrons. The lowest BCUT2D eigenvalue weighted by molar-refractivity contribution is -0.0125. The number of aromatic nitrogens is 2. The summed E-state index contributed by atoms with van der Waals surface area (Å²) in [7, 11) is 5.98. The maximum absolute atomic E-state index is 10.5. The molecule has 0 saturated heterocycles. The molecule has 0 fully saturated rings. The summed E-state index contributed by atoms with van der Waals surface area (Å²) in [6, 6.07) is 0. The summed E-state index contributed by atoms with van der Waals surface area (Å²) < 4.78 is 1.78. The maximum Gasteiger partial charge on any atom is 0.0764 e. The van der Waals surface area contributed by atoms with Gasteiger partial charge < -0.3 is 10.0 Å². The SMILES string of the molecule is CCC(CC)(C(O)Cc1cnn(C)c1)N(C)C. The van der Waals surface area contributed by atoms with Crippen molar-refractivity contribution in [1.82, 2.24) is 14.7 Å². The van der Waals surface area contributed by atoms with Gasteiger partial charge in [0.2, 0.25) is 0 Å². The first-order chi connectivity index (χ1) is 7.96. The summed E-state index contributed by atoms with van der Waals surface area (Å²) in [5.74, 6) is 0. The number of rotatable bonds is 6. The van der Waals surface area contributed by atoms with Crippen LogP contribution in [-0.2, 0) is 13.5 Å². The Morgan fingerprint density at radius 2 is 2.00 bits per heavy atom. The molecule has 0 aromatic carbocycles. The normalized spacial score (nSPS) is 14.3. The molecule has 4 nitrogen and oxygen atoms in total. The molecule has 0 bridgehead atoms. The van der Waals surface area contributed by atoms with Crippen molar-refractivity contribution in [3.05, 3.63) is 18.0 Å². The summed E-state index contributed by atoms with van der Waals surface area (Å²) in [5.41, 5.74) is 0.948. The van der Waals surface area contributed by atoms with E-state index in [-0.39, 0.29) is 11.6 Å². The number of likely N-dealkylation sites (N-methyl/N-ethyl adjacent to an activating group) is 1. The molecule has 0 aliphatic rings. The number of hydrogen-bond acceptors (Lipinski definition) is 3. The third kappa shape index (κ3) is 2.87. The molecule has 1 atom stereocenters.